The van der Waals surface area contributed by atoms with Crippen LogP contribution in [0, 0.1) is 5.92 Å². The summed E-state index contributed by atoms with van der Waals surface area (Å²) in [6.45, 7) is 1.11. The van der Waals surface area contributed by atoms with Gasteiger partial charge in [0, 0.05) is 30.1 Å². The predicted molar refractivity (Wildman–Crippen MR) is 52.8 cm³/mol. The number of aliphatic hydroxyl groups excluding tert-OH is 1. The standard InChI is InChI=1S/C10H12ClNO/c11-9-4-2-1-3-8(9)10-7(6-13)5-12-10/h1-4,7,10,12-13H,5-6H2. The molecule has 13 heavy (non-hydrogen) atoms. The van der Waals surface area contributed by atoms with Crippen molar-refractivity contribution in [3.8, 4) is 0 Å². The predicted octanol–water partition coefficient (Wildman–Crippen LogP) is 1.59. The van der Waals surface area contributed by atoms with Gasteiger partial charge in [0.15, 0.2) is 0 Å². The SMILES string of the molecule is OCC1CNC1c1ccccc1Cl. The third-order valence-electron chi connectivity index (χ3n) is 2.55. The molecule has 0 radical (unpaired) electrons. The fraction of sp³-hybridized carbons (Fsp3) is 0.400. The Balaban J connectivity index is 2.21. The van der Waals surface area contributed by atoms with Gasteiger partial charge >= 0.3 is 0 Å². The molecule has 0 aromatic heterocycles. The first-order valence-corrected chi connectivity index (χ1v) is 4.79. The van der Waals surface area contributed by atoms with Crippen molar-refractivity contribution < 1.29 is 5.11 Å². The molecule has 70 valence electrons. The van der Waals surface area contributed by atoms with E-state index in [0.717, 1.165) is 17.1 Å². The minimum absolute atomic E-state index is 0.225. The molecule has 0 bridgehead atoms. The van der Waals surface area contributed by atoms with Gasteiger partial charge in [-0.05, 0) is 11.6 Å². The highest BCUT2D eigenvalue weighted by Crippen LogP contribution is 2.32. The molecule has 0 spiro atoms. The molecule has 1 aromatic rings. The van der Waals surface area contributed by atoms with Crippen molar-refractivity contribution in [3.05, 3.63) is 34.9 Å². The van der Waals surface area contributed by atoms with E-state index in [1.54, 1.807) is 0 Å². The third-order valence-corrected chi connectivity index (χ3v) is 2.89. The Morgan fingerprint density at radius 2 is 2.23 bits per heavy atom. The number of halogens is 1. The molecule has 3 heteroatoms. The van der Waals surface area contributed by atoms with E-state index in [-0.39, 0.29) is 12.6 Å². The lowest BCUT2D eigenvalue weighted by atomic mass is 9.87. The average Bonchev–Trinajstić information content (AvgIpc) is 2.08. The summed E-state index contributed by atoms with van der Waals surface area (Å²) in [5.41, 5.74) is 1.09. The van der Waals surface area contributed by atoms with Gasteiger partial charge in [-0.1, -0.05) is 29.8 Å². The highest BCUT2D eigenvalue weighted by molar-refractivity contribution is 6.31. The summed E-state index contributed by atoms with van der Waals surface area (Å²) in [4.78, 5) is 0. The summed E-state index contributed by atoms with van der Waals surface area (Å²) >= 11 is 6.03. The molecule has 1 aromatic carbocycles. The van der Waals surface area contributed by atoms with Crippen LogP contribution in [0.4, 0.5) is 0 Å². The summed E-state index contributed by atoms with van der Waals surface area (Å²) in [5, 5.41) is 13.1. The normalized spacial score (nSPS) is 26.9. The zero-order valence-corrected chi connectivity index (χ0v) is 7.96. The molecule has 0 amide bonds. The van der Waals surface area contributed by atoms with Crippen LogP contribution in [-0.2, 0) is 0 Å². The second-order valence-corrected chi connectivity index (χ2v) is 3.76. The van der Waals surface area contributed by atoms with Crippen LogP contribution >= 0.6 is 11.6 Å². The lowest BCUT2D eigenvalue weighted by molar-refractivity contribution is 0.128. The maximum Gasteiger partial charge on any atom is 0.0489 e. The van der Waals surface area contributed by atoms with Gasteiger partial charge in [0.1, 0.15) is 0 Å². The molecule has 1 aliphatic rings. The molecule has 2 rings (SSSR count). The van der Waals surface area contributed by atoms with E-state index >= 15 is 0 Å². The Morgan fingerprint density at radius 1 is 1.46 bits per heavy atom. The van der Waals surface area contributed by atoms with Crippen molar-refractivity contribution in [2.45, 2.75) is 6.04 Å². The van der Waals surface area contributed by atoms with Gasteiger partial charge in [-0.3, -0.25) is 0 Å². The highest BCUT2D eigenvalue weighted by atomic mass is 35.5. The van der Waals surface area contributed by atoms with E-state index in [9.17, 15) is 0 Å². The van der Waals surface area contributed by atoms with Gasteiger partial charge in [-0.15, -0.1) is 0 Å². The zero-order valence-electron chi connectivity index (χ0n) is 7.20. The highest BCUT2D eigenvalue weighted by Gasteiger charge is 2.31. The van der Waals surface area contributed by atoms with Gasteiger partial charge in [-0.25, -0.2) is 0 Å². The maximum absolute atomic E-state index is 9.03. The lowest BCUT2D eigenvalue weighted by Crippen LogP contribution is -2.47. The Labute approximate surface area is 82.5 Å². The second kappa shape index (κ2) is 3.66. The first-order valence-electron chi connectivity index (χ1n) is 4.41. The fourth-order valence-corrected chi connectivity index (χ4v) is 1.92. The summed E-state index contributed by atoms with van der Waals surface area (Å²) in [6.07, 6.45) is 0. The van der Waals surface area contributed by atoms with Crippen molar-refractivity contribution in [2.75, 3.05) is 13.2 Å². The number of nitrogens with one attached hydrogen (secondary N) is 1. The fourth-order valence-electron chi connectivity index (χ4n) is 1.66. The quantitative estimate of drug-likeness (QED) is 0.755. The molecular weight excluding hydrogens is 186 g/mol. The van der Waals surface area contributed by atoms with Crippen LogP contribution < -0.4 is 5.32 Å². The van der Waals surface area contributed by atoms with E-state index in [1.807, 2.05) is 24.3 Å². The molecule has 1 heterocycles. The molecule has 1 aliphatic heterocycles. The molecule has 2 nitrogen and oxygen atoms in total. The number of hydrogen-bond donors (Lipinski definition) is 2. The van der Waals surface area contributed by atoms with Crippen LogP contribution in [0.2, 0.25) is 5.02 Å². The molecule has 2 atom stereocenters. The summed E-state index contributed by atoms with van der Waals surface area (Å²) < 4.78 is 0. The zero-order chi connectivity index (χ0) is 9.26. The molecule has 2 unspecified atom stereocenters. The Kier molecular flexibility index (Phi) is 2.54. The lowest BCUT2D eigenvalue weighted by Gasteiger charge is -2.37. The second-order valence-electron chi connectivity index (χ2n) is 3.35. The van der Waals surface area contributed by atoms with Crippen LogP contribution in [0.15, 0.2) is 24.3 Å². The number of benzene rings is 1. The molecule has 0 saturated carbocycles. The summed E-state index contributed by atoms with van der Waals surface area (Å²) in [6, 6.07) is 8.00. The minimum atomic E-state index is 0.225. The number of rotatable bonds is 2. The van der Waals surface area contributed by atoms with Crippen LogP contribution in [-0.4, -0.2) is 18.3 Å². The van der Waals surface area contributed by atoms with Gasteiger partial charge in [-0.2, -0.15) is 0 Å². The Morgan fingerprint density at radius 3 is 2.77 bits per heavy atom. The topological polar surface area (TPSA) is 32.3 Å². The Hall–Kier alpha value is -0.570. The molecule has 1 fully saturated rings. The Bertz CT molecular complexity index is 301. The van der Waals surface area contributed by atoms with E-state index in [1.165, 1.54) is 0 Å². The van der Waals surface area contributed by atoms with Gasteiger partial charge in [0.05, 0.1) is 0 Å². The summed E-state index contributed by atoms with van der Waals surface area (Å²) in [7, 11) is 0. The van der Waals surface area contributed by atoms with Crippen LogP contribution in [0.3, 0.4) is 0 Å². The monoisotopic (exact) mass is 197 g/mol. The van der Waals surface area contributed by atoms with Crippen molar-refractivity contribution in [1.29, 1.82) is 0 Å². The number of hydrogen-bond acceptors (Lipinski definition) is 2. The van der Waals surface area contributed by atoms with Crippen LogP contribution in [0.1, 0.15) is 11.6 Å². The molecule has 0 aliphatic carbocycles. The molecule has 2 N–H and O–H groups in total. The van der Waals surface area contributed by atoms with E-state index in [0.29, 0.717) is 5.92 Å². The van der Waals surface area contributed by atoms with Crippen LogP contribution in [0.25, 0.3) is 0 Å². The van der Waals surface area contributed by atoms with E-state index in [2.05, 4.69) is 5.32 Å². The van der Waals surface area contributed by atoms with Crippen molar-refractivity contribution in [2.24, 2.45) is 5.92 Å². The maximum atomic E-state index is 9.03. The first kappa shape index (κ1) is 9.00. The summed E-state index contributed by atoms with van der Waals surface area (Å²) in [5.74, 6) is 0.319. The minimum Gasteiger partial charge on any atom is -0.396 e. The largest absolute Gasteiger partial charge is 0.396 e. The van der Waals surface area contributed by atoms with Crippen molar-refractivity contribution >= 4 is 11.6 Å². The third kappa shape index (κ3) is 1.57. The van der Waals surface area contributed by atoms with Gasteiger partial charge < -0.3 is 10.4 Å². The van der Waals surface area contributed by atoms with E-state index in [4.69, 9.17) is 16.7 Å². The smallest absolute Gasteiger partial charge is 0.0489 e. The average molecular weight is 198 g/mol. The molecular formula is C10H12ClNO. The van der Waals surface area contributed by atoms with Crippen molar-refractivity contribution in [3.63, 3.8) is 0 Å². The van der Waals surface area contributed by atoms with Gasteiger partial charge in [0.25, 0.3) is 0 Å². The first-order chi connectivity index (χ1) is 6.33. The van der Waals surface area contributed by atoms with Gasteiger partial charge in [0.2, 0.25) is 0 Å². The van der Waals surface area contributed by atoms with Crippen molar-refractivity contribution in [1.82, 2.24) is 5.32 Å². The molecule has 1 saturated heterocycles. The van der Waals surface area contributed by atoms with E-state index < -0.39 is 0 Å². The number of aliphatic hydroxyl groups is 1. The van der Waals surface area contributed by atoms with Crippen LogP contribution in [0.5, 0.6) is 0 Å².